The summed E-state index contributed by atoms with van der Waals surface area (Å²) in [4.78, 5) is 23.0. The molecule has 2 N–H and O–H groups in total. The summed E-state index contributed by atoms with van der Waals surface area (Å²) >= 11 is 0. The molecule has 132 valence electrons. The molecule has 0 spiro atoms. The summed E-state index contributed by atoms with van der Waals surface area (Å²) in [5.74, 6) is 1.44. The molecular formula is C19H25N5O. The smallest absolute Gasteiger partial charge is 0.226 e. The van der Waals surface area contributed by atoms with Gasteiger partial charge in [0.15, 0.2) is 0 Å². The Morgan fingerprint density at radius 1 is 1.28 bits per heavy atom. The molecular weight excluding hydrogens is 314 g/mol. The molecule has 0 aliphatic carbocycles. The summed E-state index contributed by atoms with van der Waals surface area (Å²) in [5.41, 5.74) is 2.03. The molecule has 6 nitrogen and oxygen atoms in total. The first kappa shape index (κ1) is 17.2. The van der Waals surface area contributed by atoms with Gasteiger partial charge in [-0.25, -0.2) is 9.97 Å². The lowest BCUT2D eigenvalue weighted by molar-refractivity contribution is -0.116. The van der Waals surface area contributed by atoms with Crippen molar-refractivity contribution in [1.82, 2.24) is 9.97 Å². The summed E-state index contributed by atoms with van der Waals surface area (Å²) in [6.45, 7) is 6.00. The Hall–Kier alpha value is -2.63. The van der Waals surface area contributed by atoms with Crippen molar-refractivity contribution in [2.75, 3.05) is 28.6 Å². The van der Waals surface area contributed by atoms with Gasteiger partial charge in [0.25, 0.3) is 0 Å². The molecule has 2 heterocycles. The number of amides is 1. The van der Waals surface area contributed by atoms with Gasteiger partial charge in [-0.15, -0.1) is 0 Å². The van der Waals surface area contributed by atoms with Crippen LogP contribution in [0.5, 0.6) is 0 Å². The van der Waals surface area contributed by atoms with Crippen molar-refractivity contribution in [3.8, 4) is 0 Å². The maximum absolute atomic E-state index is 12.3. The van der Waals surface area contributed by atoms with Crippen LogP contribution >= 0.6 is 0 Å². The van der Waals surface area contributed by atoms with Crippen molar-refractivity contribution in [3.63, 3.8) is 0 Å². The second-order valence-corrected chi connectivity index (χ2v) is 6.53. The normalized spacial score (nSPS) is 15.0. The van der Waals surface area contributed by atoms with Crippen molar-refractivity contribution in [1.29, 1.82) is 0 Å². The highest BCUT2D eigenvalue weighted by Gasteiger charge is 2.14. The first-order valence-electron chi connectivity index (χ1n) is 8.81. The second-order valence-electron chi connectivity index (χ2n) is 6.53. The third-order valence-corrected chi connectivity index (χ3v) is 4.26. The monoisotopic (exact) mass is 339 g/mol. The van der Waals surface area contributed by atoms with Gasteiger partial charge in [0, 0.05) is 43.1 Å². The van der Waals surface area contributed by atoms with Crippen molar-refractivity contribution >= 4 is 23.1 Å². The Kier molecular flexibility index (Phi) is 5.48. The van der Waals surface area contributed by atoms with Crippen LogP contribution in [0.4, 0.5) is 17.2 Å². The van der Waals surface area contributed by atoms with Crippen LogP contribution in [0.15, 0.2) is 36.5 Å². The minimum Gasteiger partial charge on any atom is -0.371 e. The van der Waals surface area contributed by atoms with E-state index in [1.165, 1.54) is 18.5 Å². The number of hydrogen-bond donors (Lipinski definition) is 2. The third kappa shape index (κ3) is 4.92. The van der Waals surface area contributed by atoms with E-state index in [1.54, 1.807) is 12.3 Å². The number of hydrogen-bond acceptors (Lipinski definition) is 5. The summed E-state index contributed by atoms with van der Waals surface area (Å²) in [6, 6.07) is 9.87. The summed E-state index contributed by atoms with van der Waals surface area (Å²) in [5, 5.41) is 6.23. The van der Waals surface area contributed by atoms with Gasteiger partial charge in [0.2, 0.25) is 5.91 Å². The molecule has 1 aliphatic heterocycles. The largest absolute Gasteiger partial charge is 0.371 e. The fourth-order valence-electron chi connectivity index (χ4n) is 3.09. The molecule has 1 aromatic carbocycles. The number of anilines is 3. The van der Waals surface area contributed by atoms with E-state index < -0.39 is 0 Å². The number of nitrogens with zero attached hydrogens (tertiary/aromatic N) is 3. The zero-order valence-electron chi connectivity index (χ0n) is 14.8. The number of aromatic nitrogens is 2. The zero-order chi connectivity index (χ0) is 17.6. The highest BCUT2D eigenvalue weighted by molar-refractivity contribution is 5.91. The van der Waals surface area contributed by atoms with E-state index in [9.17, 15) is 4.79 Å². The number of benzene rings is 1. The number of nitrogens with one attached hydrogen (secondary N) is 2. The minimum absolute atomic E-state index is 0.00986. The first-order valence-corrected chi connectivity index (χ1v) is 8.81. The lowest BCUT2D eigenvalue weighted by Gasteiger charge is -2.19. The highest BCUT2D eigenvalue weighted by atomic mass is 16.1. The number of carbonyl (C=O) groups is 1. The number of carbonyl (C=O) groups excluding carboxylic acids is 1. The maximum Gasteiger partial charge on any atom is 0.226 e. The summed E-state index contributed by atoms with van der Waals surface area (Å²) in [6.07, 6.45) is 4.56. The predicted molar refractivity (Wildman–Crippen MR) is 101 cm³/mol. The topological polar surface area (TPSA) is 70.2 Å². The van der Waals surface area contributed by atoms with Gasteiger partial charge in [0.1, 0.15) is 11.6 Å². The van der Waals surface area contributed by atoms with E-state index >= 15 is 0 Å². The molecule has 3 rings (SSSR count). The van der Waals surface area contributed by atoms with Crippen LogP contribution in [0.3, 0.4) is 0 Å². The Morgan fingerprint density at radius 2 is 2.08 bits per heavy atom. The van der Waals surface area contributed by atoms with Crippen LogP contribution in [-0.2, 0) is 4.79 Å². The predicted octanol–water partition coefficient (Wildman–Crippen LogP) is 3.21. The quantitative estimate of drug-likeness (QED) is 0.846. The molecule has 0 saturated carbocycles. The minimum atomic E-state index is -0.0175. The van der Waals surface area contributed by atoms with Gasteiger partial charge in [-0.2, -0.15) is 0 Å². The van der Waals surface area contributed by atoms with Gasteiger partial charge in [0.05, 0.1) is 0 Å². The Bertz CT molecular complexity index is 727. The van der Waals surface area contributed by atoms with Gasteiger partial charge >= 0.3 is 0 Å². The van der Waals surface area contributed by atoms with Crippen LogP contribution in [0, 0.1) is 6.92 Å². The van der Waals surface area contributed by atoms with E-state index in [2.05, 4.69) is 37.6 Å². The molecule has 0 radical (unpaired) electrons. The third-order valence-electron chi connectivity index (χ3n) is 4.26. The summed E-state index contributed by atoms with van der Waals surface area (Å²) < 4.78 is 0. The fourth-order valence-corrected chi connectivity index (χ4v) is 3.09. The van der Waals surface area contributed by atoms with E-state index in [4.69, 9.17) is 0 Å². The fraction of sp³-hybridized carbons (Fsp3) is 0.421. The number of aryl methyl sites for hydroxylation is 1. The van der Waals surface area contributed by atoms with Gasteiger partial charge in [-0.05, 0) is 51.0 Å². The molecule has 1 atom stereocenters. The molecule has 25 heavy (non-hydrogen) atoms. The zero-order valence-corrected chi connectivity index (χ0v) is 14.8. The Labute approximate surface area is 148 Å². The van der Waals surface area contributed by atoms with E-state index in [1.807, 2.05) is 26.0 Å². The van der Waals surface area contributed by atoms with Crippen molar-refractivity contribution in [3.05, 3.63) is 42.4 Å². The van der Waals surface area contributed by atoms with Crippen LogP contribution in [0.2, 0.25) is 0 Å². The van der Waals surface area contributed by atoms with E-state index in [0.717, 1.165) is 24.6 Å². The molecule has 1 unspecified atom stereocenters. The van der Waals surface area contributed by atoms with Gasteiger partial charge < -0.3 is 15.5 Å². The average molecular weight is 339 g/mol. The van der Waals surface area contributed by atoms with Gasteiger partial charge in [-0.3, -0.25) is 4.79 Å². The van der Waals surface area contributed by atoms with E-state index in [0.29, 0.717) is 12.2 Å². The number of rotatable bonds is 6. The molecule has 1 fully saturated rings. The second kappa shape index (κ2) is 7.96. The molecule has 1 saturated heterocycles. The molecule has 1 aliphatic rings. The molecule has 1 amide bonds. The SMILES string of the molecule is Cc1nccc(NC(C)CC(=O)Nc2cccc(N3CCCC3)c2)n1. The van der Waals surface area contributed by atoms with E-state index in [-0.39, 0.29) is 11.9 Å². The lowest BCUT2D eigenvalue weighted by atomic mass is 10.2. The highest BCUT2D eigenvalue weighted by Crippen LogP contribution is 2.23. The van der Waals surface area contributed by atoms with Crippen molar-refractivity contribution < 1.29 is 4.79 Å². The van der Waals surface area contributed by atoms with Crippen LogP contribution in [0.1, 0.15) is 32.0 Å². The molecule has 1 aromatic heterocycles. The molecule has 6 heteroatoms. The van der Waals surface area contributed by atoms with Crippen LogP contribution < -0.4 is 15.5 Å². The lowest BCUT2D eigenvalue weighted by Crippen LogP contribution is -2.24. The first-order chi connectivity index (χ1) is 12.1. The Balaban J connectivity index is 1.54. The van der Waals surface area contributed by atoms with Crippen LogP contribution in [-0.4, -0.2) is 35.0 Å². The maximum atomic E-state index is 12.3. The Morgan fingerprint density at radius 3 is 2.84 bits per heavy atom. The summed E-state index contributed by atoms with van der Waals surface area (Å²) in [7, 11) is 0. The van der Waals surface area contributed by atoms with Crippen molar-refractivity contribution in [2.24, 2.45) is 0 Å². The molecule has 0 bridgehead atoms. The average Bonchev–Trinajstić information content (AvgIpc) is 3.09. The van der Waals surface area contributed by atoms with Crippen molar-refractivity contribution in [2.45, 2.75) is 39.2 Å². The van der Waals surface area contributed by atoms with Crippen LogP contribution in [0.25, 0.3) is 0 Å². The molecule has 2 aromatic rings. The van der Waals surface area contributed by atoms with Gasteiger partial charge in [-0.1, -0.05) is 6.07 Å². The standard InChI is InChI=1S/C19H25N5O/c1-14(21-18-8-9-20-15(2)22-18)12-19(25)23-16-6-5-7-17(13-16)24-10-3-4-11-24/h5-9,13-14H,3-4,10-12H2,1-2H3,(H,23,25)(H,20,21,22).